The van der Waals surface area contributed by atoms with Crippen LogP contribution in [0.4, 0.5) is 8.78 Å². The molecule has 2 aromatic carbocycles. The van der Waals surface area contributed by atoms with Crippen molar-refractivity contribution in [3.05, 3.63) is 58.6 Å². The molecule has 0 saturated carbocycles. The molecule has 1 unspecified atom stereocenters. The molecule has 2 atom stereocenters. The van der Waals surface area contributed by atoms with Crippen molar-refractivity contribution in [3.8, 4) is 5.75 Å². The first-order valence-corrected chi connectivity index (χ1v) is 9.52. The second-order valence-corrected chi connectivity index (χ2v) is 7.29. The standard InChI is InChI=1S/C18H17ClF2O3S.CH4O/c19-12-1-3-13(4-2-12)25-18-11(9-23-8-7-22)10-24-17-15(21)6-5-14(20)16(17)18;1-2/h1-6,11,18,22H,7-10H2;2H,1H3/t11?,18-;/m0./s1. The van der Waals surface area contributed by atoms with Crippen LogP contribution in [0.1, 0.15) is 10.8 Å². The van der Waals surface area contributed by atoms with Gasteiger partial charge in [0.25, 0.3) is 0 Å². The first kappa shape index (κ1) is 21.9. The van der Waals surface area contributed by atoms with E-state index < -0.39 is 11.6 Å². The van der Waals surface area contributed by atoms with Crippen LogP contribution >= 0.6 is 23.4 Å². The lowest BCUT2D eigenvalue weighted by Crippen LogP contribution is -2.30. The van der Waals surface area contributed by atoms with E-state index in [2.05, 4.69) is 0 Å². The predicted molar refractivity (Wildman–Crippen MR) is 101 cm³/mol. The fraction of sp³-hybridized carbons (Fsp3) is 0.368. The van der Waals surface area contributed by atoms with E-state index in [1.165, 1.54) is 11.8 Å². The van der Waals surface area contributed by atoms with Crippen LogP contribution in [0.3, 0.4) is 0 Å². The van der Waals surface area contributed by atoms with E-state index in [1.54, 1.807) is 12.1 Å². The van der Waals surface area contributed by atoms with Crippen LogP contribution in [0.2, 0.25) is 5.02 Å². The second-order valence-electron chi connectivity index (χ2n) is 5.63. The lowest BCUT2D eigenvalue weighted by Gasteiger charge is -2.33. The highest BCUT2D eigenvalue weighted by atomic mass is 35.5. The highest BCUT2D eigenvalue weighted by Gasteiger charge is 2.36. The molecular formula is C19H21ClF2O4S. The number of hydrogen-bond donors (Lipinski definition) is 2. The molecule has 0 saturated heterocycles. The molecule has 2 aromatic rings. The maximum atomic E-state index is 14.5. The van der Waals surface area contributed by atoms with E-state index in [9.17, 15) is 8.78 Å². The van der Waals surface area contributed by atoms with Crippen LogP contribution in [0.25, 0.3) is 0 Å². The fourth-order valence-electron chi connectivity index (χ4n) is 2.72. The Morgan fingerprint density at radius 3 is 2.48 bits per heavy atom. The lowest BCUT2D eigenvalue weighted by molar-refractivity contribution is 0.0464. The van der Waals surface area contributed by atoms with E-state index in [0.29, 0.717) is 5.02 Å². The van der Waals surface area contributed by atoms with Crippen LogP contribution in [-0.4, -0.2) is 43.8 Å². The summed E-state index contributed by atoms with van der Waals surface area (Å²) in [6.07, 6.45) is 0. The van der Waals surface area contributed by atoms with Gasteiger partial charge in [-0.05, 0) is 36.4 Å². The summed E-state index contributed by atoms with van der Waals surface area (Å²) in [4.78, 5) is 0.887. The zero-order chi connectivity index (χ0) is 19.8. The molecule has 4 nitrogen and oxygen atoms in total. The van der Waals surface area contributed by atoms with Crippen LogP contribution in [0.15, 0.2) is 41.3 Å². The van der Waals surface area contributed by atoms with E-state index in [0.717, 1.165) is 24.1 Å². The van der Waals surface area contributed by atoms with Crippen molar-refractivity contribution in [2.45, 2.75) is 10.1 Å². The van der Waals surface area contributed by atoms with E-state index in [4.69, 9.17) is 31.3 Å². The van der Waals surface area contributed by atoms with Gasteiger partial charge in [0, 0.05) is 33.8 Å². The summed E-state index contributed by atoms with van der Waals surface area (Å²) in [6, 6.07) is 9.37. The molecule has 0 radical (unpaired) electrons. The van der Waals surface area contributed by atoms with Crippen molar-refractivity contribution >= 4 is 23.4 Å². The van der Waals surface area contributed by atoms with Crippen LogP contribution < -0.4 is 4.74 Å². The third-order valence-corrected chi connectivity index (χ3v) is 5.56. The Balaban J connectivity index is 0.00000126. The number of halogens is 3. The van der Waals surface area contributed by atoms with Gasteiger partial charge in [-0.25, -0.2) is 8.78 Å². The number of hydrogen-bond acceptors (Lipinski definition) is 5. The van der Waals surface area contributed by atoms with Gasteiger partial charge in [-0.1, -0.05) is 11.6 Å². The van der Waals surface area contributed by atoms with Gasteiger partial charge in [0.05, 0.1) is 26.4 Å². The summed E-state index contributed by atoms with van der Waals surface area (Å²) < 4.78 is 39.4. The van der Waals surface area contributed by atoms with Crippen molar-refractivity contribution in [1.29, 1.82) is 0 Å². The highest BCUT2D eigenvalue weighted by Crippen LogP contribution is 2.49. The number of aliphatic hydroxyl groups is 2. The monoisotopic (exact) mass is 418 g/mol. The molecule has 0 aromatic heterocycles. The Kier molecular flexibility index (Phi) is 8.79. The topological polar surface area (TPSA) is 58.9 Å². The molecule has 27 heavy (non-hydrogen) atoms. The number of aliphatic hydroxyl groups excluding tert-OH is 2. The summed E-state index contributed by atoms with van der Waals surface area (Å²) in [7, 11) is 1.00. The van der Waals surface area contributed by atoms with E-state index >= 15 is 0 Å². The molecule has 148 valence electrons. The number of fused-ring (bicyclic) bond motifs is 1. The Labute approximate surface area is 166 Å². The number of ether oxygens (including phenoxy) is 2. The molecule has 0 aliphatic carbocycles. The van der Waals surface area contributed by atoms with Gasteiger partial charge in [0.2, 0.25) is 0 Å². The average molecular weight is 419 g/mol. The minimum atomic E-state index is -0.576. The molecular weight excluding hydrogens is 398 g/mol. The molecule has 0 amide bonds. The smallest absolute Gasteiger partial charge is 0.165 e. The first-order valence-electron chi connectivity index (χ1n) is 8.26. The molecule has 0 fully saturated rings. The molecule has 1 aliphatic rings. The van der Waals surface area contributed by atoms with E-state index in [1.807, 2.05) is 12.1 Å². The van der Waals surface area contributed by atoms with Crippen LogP contribution in [0, 0.1) is 17.6 Å². The third-order valence-electron chi connectivity index (χ3n) is 3.89. The number of benzene rings is 2. The van der Waals surface area contributed by atoms with Gasteiger partial charge in [-0.2, -0.15) is 0 Å². The number of rotatable bonds is 6. The zero-order valence-corrected chi connectivity index (χ0v) is 16.3. The molecule has 1 aliphatic heterocycles. The van der Waals surface area contributed by atoms with Gasteiger partial charge >= 0.3 is 0 Å². The predicted octanol–water partition coefficient (Wildman–Crippen LogP) is 4.08. The Hall–Kier alpha value is -1.38. The summed E-state index contributed by atoms with van der Waals surface area (Å²) >= 11 is 7.33. The largest absolute Gasteiger partial charge is 0.490 e. The highest BCUT2D eigenvalue weighted by molar-refractivity contribution is 7.99. The SMILES string of the molecule is CO.OCCOCC1COc2c(F)ccc(F)c2[C@H]1Sc1ccc(Cl)cc1. The lowest BCUT2D eigenvalue weighted by atomic mass is 9.96. The normalized spacial score (nSPS) is 18.1. The molecule has 2 N–H and O–H groups in total. The zero-order valence-electron chi connectivity index (χ0n) is 14.7. The van der Waals surface area contributed by atoms with Gasteiger partial charge in [-0.3, -0.25) is 0 Å². The summed E-state index contributed by atoms with van der Waals surface area (Å²) in [5, 5.41) is 16.1. The second kappa shape index (κ2) is 10.8. The van der Waals surface area contributed by atoms with Crippen molar-refractivity contribution in [2.24, 2.45) is 5.92 Å². The molecule has 3 rings (SSSR count). The quantitative estimate of drug-likeness (QED) is 0.692. The maximum Gasteiger partial charge on any atom is 0.165 e. The number of thioether (sulfide) groups is 1. The van der Waals surface area contributed by atoms with Crippen molar-refractivity contribution < 1.29 is 28.5 Å². The summed E-state index contributed by atoms with van der Waals surface area (Å²) in [6.45, 7) is 0.584. The molecule has 0 bridgehead atoms. The van der Waals surface area contributed by atoms with Crippen molar-refractivity contribution in [3.63, 3.8) is 0 Å². The Morgan fingerprint density at radius 2 is 1.81 bits per heavy atom. The third kappa shape index (κ3) is 5.56. The van der Waals surface area contributed by atoms with Gasteiger partial charge < -0.3 is 19.7 Å². The van der Waals surface area contributed by atoms with Crippen molar-refractivity contribution in [2.75, 3.05) is 33.5 Å². The average Bonchev–Trinajstić information content (AvgIpc) is 2.69. The van der Waals surface area contributed by atoms with Crippen LogP contribution in [0.5, 0.6) is 5.75 Å². The van der Waals surface area contributed by atoms with Crippen LogP contribution in [-0.2, 0) is 4.74 Å². The maximum absolute atomic E-state index is 14.5. The van der Waals surface area contributed by atoms with Gasteiger partial charge in [0.1, 0.15) is 5.82 Å². The Morgan fingerprint density at radius 1 is 1.15 bits per heavy atom. The van der Waals surface area contributed by atoms with Gasteiger partial charge in [0.15, 0.2) is 11.6 Å². The Bertz CT molecular complexity index is 730. The fourth-order valence-corrected chi connectivity index (χ4v) is 4.12. The first-order chi connectivity index (χ1) is 13.1. The van der Waals surface area contributed by atoms with Gasteiger partial charge in [-0.15, -0.1) is 11.8 Å². The molecule has 0 spiro atoms. The minimum Gasteiger partial charge on any atom is -0.490 e. The molecule has 8 heteroatoms. The minimum absolute atomic E-state index is 0.0372. The summed E-state index contributed by atoms with van der Waals surface area (Å²) in [5.41, 5.74) is 0.212. The molecule has 1 heterocycles. The van der Waals surface area contributed by atoms with E-state index in [-0.39, 0.29) is 48.9 Å². The summed E-state index contributed by atoms with van der Waals surface area (Å²) in [5.74, 6) is -1.30. The van der Waals surface area contributed by atoms with Crippen molar-refractivity contribution in [1.82, 2.24) is 0 Å².